The molecule has 0 N–H and O–H groups in total. The molecule has 2 rings (SSSR count). The Balaban J connectivity index is 2.91. The summed E-state index contributed by atoms with van der Waals surface area (Å²) >= 11 is 5.70. The summed E-state index contributed by atoms with van der Waals surface area (Å²) in [5.41, 5.74) is 1.18. The maximum atomic E-state index is 8.75. The van der Waals surface area contributed by atoms with Crippen LogP contribution in [0.3, 0.4) is 0 Å². The summed E-state index contributed by atoms with van der Waals surface area (Å²) in [5.74, 6) is 0. The van der Waals surface area contributed by atoms with E-state index < -0.39 is 0 Å². The fourth-order valence-corrected chi connectivity index (χ4v) is 1.37. The molecule has 13 heavy (non-hydrogen) atoms. The molecule has 5 heteroatoms. The number of aryl methyl sites for hydroxylation is 1. The number of hydrogen-bond donors (Lipinski definition) is 0. The monoisotopic (exact) mass is 192 g/mol. The van der Waals surface area contributed by atoms with Crippen molar-refractivity contribution < 1.29 is 0 Å². The summed E-state index contributed by atoms with van der Waals surface area (Å²) < 4.78 is 1.61. The second kappa shape index (κ2) is 2.71. The lowest BCUT2D eigenvalue weighted by molar-refractivity contribution is 0.790. The lowest BCUT2D eigenvalue weighted by Gasteiger charge is -1.91. The number of nitriles is 1. The standard InChI is InChI=1S/C8H5ClN4/c1-13-7-4-11-8(9)2-5(7)6(3-10)12-13/h2,4H,1H3. The molecule has 0 spiro atoms. The van der Waals surface area contributed by atoms with Gasteiger partial charge in [-0.3, -0.25) is 4.68 Å². The molecule has 0 amide bonds. The van der Waals surface area contributed by atoms with Crippen molar-refractivity contribution in [2.45, 2.75) is 0 Å². The number of hydrogen-bond acceptors (Lipinski definition) is 3. The Morgan fingerprint density at radius 1 is 1.62 bits per heavy atom. The maximum Gasteiger partial charge on any atom is 0.170 e. The van der Waals surface area contributed by atoms with Gasteiger partial charge in [-0.25, -0.2) is 4.98 Å². The van der Waals surface area contributed by atoms with Crippen molar-refractivity contribution in [3.63, 3.8) is 0 Å². The smallest absolute Gasteiger partial charge is 0.170 e. The van der Waals surface area contributed by atoms with Gasteiger partial charge in [0.05, 0.1) is 11.7 Å². The van der Waals surface area contributed by atoms with Crippen molar-refractivity contribution in [3.05, 3.63) is 23.1 Å². The Bertz CT molecular complexity index is 509. The first-order chi connectivity index (χ1) is 6.22. The van der Waals surface area contributed by atoms with Gasteiger partial charge in [0.25, 0.3) is 0 Å². The van der Waals surface area contributed by atoms with Gasteiger partial charge in [-0.05, 0) is 6.07 Å². The largest absolute Gasteiger partial charge is 0.265 e. The van der Waals surface area contributed by atoms with Gasteiger partial charge in [0, 0.05) is 12.4 Å². The number of halogens is 1. The van der Waals surface area contributed by atoms with Crippen LogP contribution in [0.15, 0.2) is 12.3 Å². The van der Waals surface area contributed by atoms with E-state index in [9.17, 15) is 0 Å². The Morgan fingerprint density at radius 3 is 3.08 bits per heavy atom. The third-order valence-electron chi connectivity index (χ3n) is 1.81. The summed E-state index contributed by atoms with van der Waals surface area (Å²) in [6.45, 7) is 0. The van der Waals surface area contributed by atoms with E-state index in [4.69, 9.17) is 16.9 Å². The maximum absolute atomic E-state index is 8.75. The summed E-state index contributed by atoms with van der Waals surface area (Å²) in [5, 5.41) is 13.9. The minimum Gasteiger partial charge on any atom is -0.265 e. The zero-order valence-electron chi connectivity index (χ0n) is 6.82. The molecule has 2 aromatic heterocycles. The molecule has 0 radical (unpaired) electrons. The van der Waals surface area contributed by atoms with Gasteiger partial charge in [-0.1, -0.05) is 11.6 Å². The molecular formula is C8H5ClN4. The summed E-state index contributed by atoms with van der Waals surface area (Å²) in [4.78, 5) is 3.91. The predicted octanol–water partition coefficient (Wildman–Crippen LogP) is 1.49. The highest BCUT2D eigenvalue weighted by molar-refractivity contribution is 6.30. The van der Waals surface area contributed by atoms with Crippen molar-refractivity contribution >= 4 is 22.5 Å². The van der Waals surface area contributed by atoms with Crippen LogP contribution in [0.2, 0.25) is 5.15 Å². The van der Waals surface area contributed by atoms with Crippen molar-refractivity contribution in [1.82, 2.24) is 14.8 Å². The van der Waals surface area contributed by atoms with Crippen LogP contribution >= 0.6 is 11.6 Å². The minimum atomic E-state index is 0.372. The van der Waals surface area contributed by atoms with Crippen molar-refractivity contribution in [2.75, 3.05) is 0 Å². The van der Waals surface area contributed by atoms with Crippen LogP contribution in [0, 0.1) is 11.3 Å². The molecule has 0 aliphatic heterocycles. The molecular weight excluding hydrogens is 188 g/mol. The van der Waals surface area contributed by atoms with Crippen LogP contribution in [0.25, 0.3) is 10.9 Å². The van der Waals surface area contributed by atoms with E-state index in [0.29, 0.717) is 10.8 Å². The van der Waals surface area contributed by atoms with Gasteiger partial charge in [-0.2, -0.15) is 10.4 Å². The molecule has 0 bridgehead atoms. The van der Waals surface area contributed by atoms with Gasteiger partial charge in [0.1, 0.15) is 11.2 Å². The van der Waals surface area contributed by atoms with E-state index in [1.807, 2.05) is 6.07 Å². The van der Waals surface area contributed by atoms with E-state index in [-0.39, 0.29) is 0 Å². The number of fused-ring (bicyclic) bond motifs is 1. The molecule has 2 aromatic rings. The second-order valence-corrected chi connectivity index (χ2v) is 3.00. The van der Waals surface area contributed by atoms with Gasteiger partial charge < -0.3 is 0 Å². The lowest BCUT2D eigenvalue weighted by Crippen LogP contribution is -1.89. The SMILES string of the molecule is Cn1nc(C#N)c2cc(Cl)ncc21. The second-order valence-electron chi connectivity index (χ2n) is 2.61. The Kier molecular flexibility index (Phi) is 1.67. The molecule has 0 atom stereocenters. The highest BCUT2D eigenvalue weighted by atomic mass is 35.5. The van der Waals surface area contributed by atoms with E-state index in [1.165, 1.54) is 0 Å². The van der Waals surface area contributed by atoms with E-state index in [2.05, 4.69) is 10.1 Å². The molecule has 0 fully saturated rings. The highest BCUT2D eigenvalue weighted by Crippen LogP contribution is 2.19. The molecule has 0 saturated carbocycles. The zero-order valence-corrected chi connectivity index (χ0v) is 7.58. The molecule has 0 aromatic carbocycles. The summed E-state index contributed by atoms with van der Waals surface area (Å²) in [6.07, 6.45) is 1.60. The first-order valence-corrected chi connectivity index (χ1v) is 3.98. The van der Waals surface area contributed by atoms with Gasteiger partial charge >= 0.3 is 0 Å². The van der Waals surface area contributed by atoms with Crippen molar-refractivity contribution in [3.8, 4) is 6.07 Å². The van der Waals surface area contributed by atoms with Gasteiger partial charge in [0.15, 0.2) is 5.69 Å². The van der Waals surface area contributed by atoms with Crippen LogP contribution in [-0.4, -0.2) is 14.8 Å². The molecule has 2 heterocycles. The number of nitrogens with zero attached hydrogens (tertiary/aromatic N) is 4. The summed E-state index contributed by atoms with van der Waals surface area (Å²) in [6, 6.07) is 3.64. The summed E-state index contributed by atoms with van der Waals surface area (Å²) in [7, 11) is 1.76. The fourth-order valence-electron chi connectivity index (χ4n) is 1.21. The topological polar surface area (TPSA) is 54.5 Å². The fraction of sp³-hybridized carbons (Fsp3) is 0.125. The van der Waals surface area contributed by atoms with Crippen molar-refractivity contribution in [1.29, 1.82) is 5.26 Å². The van der Waals surface area contributed by atoms with E-state index in [1.54, 1.807) is 24.0 Å². The molecule has 0 unspecified atom stereocenters. The van der Waals surface area contributed by atoms with E-state index >= 15 is 0 Å². The van der Waals surface area contributed by atoms with E-state index in [0.717, 1.165) is 10.9 Å². The Hall–Kier alpha value is -1.60. The predicted molar refractivity (Wildman–Crippen MR) is 48.2 cm³/mol. The third-order valence-corrected chi connectivity index (χ3v) is 2.02. The quantitative estimate of drug-likeness (QED) is 0.595. The average molecular weight is 193 g/mol. The van der Waals surface area contributed by atoms with Crippen molar-refractivity contribution in [2.24, 2.45) is 7.05 Å². The third kappa shape index (κ3) is 1.14. The normalized spacial score (nSPS) is 10.2. The number of rotatable bonds is 0. The number of aromatic nitrogens is 3. The first-order valence-electron chi connectivity index (χ1n) is 3.60. The van der Waals surface area contributed by atoms with Gasteiger partial charge in [0.2, 0.25) is 0 Å². The van der Waals surface area contributed by atoms with Crippen LogP contribution in [0.4, 0.5) is 0 Å². The molecule has 64 valence electrons. The highest BCUT2D eigenvalue weighted by Gasteiger charge is 2.08. The van der Waals surface area contributed by atoms with Crippen LogP contribution in [0.5, 0.6) is 0 Å². The Morgan fingerprint density at radius 2 is 2.38 bits per heavy atom. The lowest BCUT2D eigenvalue weighted by atomic mass is 10.2. The number of pyridine rings is 1. The first kappa shape index (κ1) is 8.02. The van der Waals surface area contributed by atoms with Crippen LogP contribution in [0.1, 0.15) is 5.69 Å². The van der Waals surface area contributed by atoms with Gasteiger partial charge in [-0.15, -0.1) is 0 Å². The average Bonchev–Trinajstić information content (AvgIpc) is 2.42. The zero-order chi connectivity index (χ0) is 9.42. The molecule has 0 aliphatic rings. The minimum absolute atomic E-state index is 0.372. The Labute approximate surface area is 79.4 Å². The molecule has 4 nitrogen and oxygen atoms in total. The molecule has 0 saturated heterocycles. The molecule has 0 aliphatic carbocycles. The van der Waals surface area contributed by atoms with Crippen LogP contribution in [-0.2, 0) is 7.05 Å². The van der Waals surface area contributed by atoms with Crippen LogP contribution < -0.4 is 0 Å².